The largest absolute Gasteiger partial charge is 0.395 e. The molecule has 0 saturated heterocycles. The molecule has 0 aliphatic heterocycles. The predicted molar refractivity (Wildman–Crippen MR) is 71.8 cm³/mol. The third kappa shape index (κ3) is 3.22. The van der Waals surface area contributed by atoms with Crippen LogP contribution in [-0.4, -0.2) is 40.1 Å². The molecule has 1 aromatic heterocycles. The summed E-state index contributed by atoms with van der Waals surface area (Å²) >= 11 is 7.16. The van der Waals surface area contributed by atoms with Crippen LogP contribution in [-0.2, 0) is 17.1 Å². The highest BCUT2D eigenvalue weighted by Crippen LogP contribution is 2.25. The predicted octanol–water partition coefficient (Wildman–Crippen LogP) is 1.80. The van der Waals surface area contributed by atoms with Crippen molar-refractivity contribution in [3.05, 3.63) is 16.1 Å². The third-order valence-electron chi connectivity index (χ3n) is 3.22. The Balaban J connectivity index is 1.95. The summed E-state index contributed by atoms with van der Waals surface area (Å²) in [6.07, 6.45) is 3.60. The summed E-state index contributed by atoms with van der Waals surface area (Å²) in [5.74, 6) is 0.442. The van der Waals surface area contributed by atoms with Crippen molar-refractivity contribution in [2.45, 2.75) is 37.6 Å². The van der Waals surface area contributed by atoms with Crippen molar-refractivity contribution in [3.8, 4) is 0 Å². The number of hydrogen-bond donors (Lipinski definition) is 1. The standard InChI is InChI=1S/C12H17ClN2O2S/c13-7-9-8-18-11(14-9)6-12(17)15(4-5-16)10-2-1-3-10/h8,10,16H,1-7H2. The Morgan fingerprint density at radius 1 is 1.61 bits per heavy atom. The first-order valence-electron chi connectivity index (χ1n) is 6.14. The molecule has 0 bridgehead atoms. The van der Waals surface area contributed by atoms with Gasteiger partial charge in [0.25, 0.3) is 0 Å². The maximum Gasteiger partial charge on any atom is 0.229 e. The van der Waals surface area contributed by atoms with E-state index in [1.54, 1.807) is 4.90 Å². The molecular weight excluding hydrogens is 272 g/mol. The zero-order chi connectivity index (χ0) is 13.0. The minimum absolute atomic E-state index is 0.0209. The molecule has 1 amide bonds. The van der Waals surface area contributed by atoms with Gasteiger partial charge in [-0.05, 0) is 19.3 Å². The summed E-state index contributed by atoms with van der Waals surface area (Å²) in [7, 11) is 0. The molecule has 1 aliphatic rings. The summed E-state index contributed by atoms with van der Waals surface area (Å²) in [6.45, 7) is 0.449. The molecule has 1 saturated carbocycles. The molecule has 1 aromatic rings. The lowest BCUT2D eigenvalue weighted by Crippen LogP contribution is -2.46. The molecule has 0 unspecified atom stereocenters. The van der Waals surface area contributed by atoms with E-state index >= 15 is 0 Å². The van der Waals surface area contributed by atoms with E-state index in [4.69, 9.17) is 16.7 Å². The number of alkyl halides is 1. The highest BCUT2D eigenvalue weighted by atomic mass is 35.5. The maximum atomic E-state index is 12.2. The zero-order valence-corrected chi connectivity index (χ0v) is 11.7. The summed E-state index contributed by atoms with van der Waals surface area (Å²) in [5, 5.41) is 11.7. The van der Waals surface area contributed by atoms with Crippen molar-refractivity contribution in [2.75, 3.05) is 13.2 Å². The van der Waals surface area contributed by atoms with E-state index in [1.807, 2.05) is 5.38 Å². The SMILES string of the molecule is O=C(Cc1nc(CCl)cs1)N(CCO)C1CCC1. The molecule has 18 heavy (non-hydrogen) atoms. The molecule has 1 heterocycles. The van der Waals surface area contributed by atoms with Gasteiger partial charge in [-0.25, -0.2) is 4.98 Å². The Morgan fingerprint density at radius 3 is 2.89 bits per heavy atom. The van der Waals surface area contributed by atoms with Gasteiger partial charge >= 0.3 is 0 Å². The first-order chi connectivity index (χ1) is 8.74. The van der Waals surface area contributed by atoms with Crippen molar-refractivity contribution in [2.24, 2.45) is 0 Å². The molecule has 6 heteroatoms. The number of aliphatic hydroxyl groups is 1. The summed E-state index contributed by atoms with van der Waals surface area (Å²) in [5.41, 5.74) is 0.821. The van der Waals surface area contributed by atoms with E-state index in [0.717, 1.165) is 23.5 Å². The Bertz CT molecular complexity index is 407. The molecule has 1 fully saturated rings. The molecule has 4 nitrogen and oxygen atoms in total. The van der Waals surface area contributed by atoms with Gasteiger partial charge in [0, 0.05) is 18.0 Å². The fourth-order valence-electron chi connectivity index (χ4n) is 2.04. The van der Waals surface area contributed by atoms with E-state index in [0.29, 0.717) is 24.9 Å². The number of thiazole rings is 1. The lowest BCUT2D eigenvalue weighted by Gasteiger charge is -2.37. The molecule has 0 spiro atoms. The van der Waals surface area contributed by atoms with Gasteiger partial charge in [-0.2, -0.15) is 0 Å². The van der Waals surface area contributed by atoms with Crippen molar-refractivity contribution in [1.82, 2.24) is 9.88 Å². The lowest BCUT2D eigenvalue weighted by atomic mass is 9.91. The number of aromatic nitrogens is 1. The smallest absolute Gasteiger partial charge is 0.229 e. The maximum absolute atomic E-state index is 12.2. The van der Waals surface area contributed by atoms with Crippen LogP contribution in [0.15, 0.2) is 5.38 Å². The Morgan fingerprint density at radius 2 is 2.39 bits per heavy atom. The average molecular weight is 289 g/mol. The minimum Gasteiger partial charge on any atom is -0.395 e. The van der Waals surface area contributed by atoms with E-state index in [2.05, 4.69) is 4.98 Å². The molecule has 2 rings (SSSR count). The fourth-order valence-corrected chi connectivity index (χ4v) is 3.05. The molecule has 0 aromatic carbocycles. The molecule has 0 radical (unpaired) electrons. The van der Waals surface area contributed by atoms with E-state index < -0.39 is 0 Å². The van der Waals surface area contributed by atoms with Crippen LogP contribution in [0, 0.1) is 0 Å². The quantitative estimate of drug-likeness (QED) is 0.812. The van der Waals surface area contributed by atoms with Crippen LogP contribution < -0.4 is 0 Å². The number of amides is 1. The highest BCUT2D eigenvalue weighted by Gasteiger charge is 2.28. The first-order valence-corrected chi connectivity index (χ1v) is 7.55. The number of hydrogen-bond acceptors (Lipinski definition) is 4. The van der Waals surface area contributed by atoms with Gasteiger partial charge < -0.3 is 10.0 Å². The third-order valence-corrected chi connectivity index (χ3v) is 4.39. The van der Waals surface area contributed by atoms with Crippen molar-refractivity contribution >= 4 is 28.8 Å². The Labute approximate surface area is 116 Å². The Kier molecular flexibility index (Phi) is 4.97. The van der Waals surface area contributed by atoms with Crippen LogP contribution in [0.5, 0.6) is 0 Å². The minimum atomic E-state index is 0.0209. The van der Waals surface area contributed by atoms with Gasteiger partial charge in [-0.15, -0.1) is 22.9 Å². The van der Waals surface area contributed by atoms with Crippen LogP contribution in [0.3, 0.4) is 0 Å². The van der Waals surface area contributed by atoms with Crippen molar-refractivity contribution in [1.29, 1.82) is 0 Å². The zero-order valence-electron chi connectivity index (χ0n) is 10.1. The second kappa shape index (κ2) is 6.50. The number of carbonyl (C=O) groups excluding carboxylic acids is 1. The van der Waals surface area contributed by atoms with Crippen LogP contribution in [0.25, 0.3) is 0 Å². The van der Waals surface area contributed by atoms with E-state index in [9.17, 15) is 4.79 Å². The number of aliphatic hydroxyl groups excluding tert-OH is 1. The van der Waals surface area contributed by atoms with Gasteiger partial charge in [0.15, 0.2) is 0 Å². The van der Waals surface area contributed by atoms with Crippen LogP contribution in [0.4, 0.5) is 0 Å². The number of carbonyl (C=O) groups is 1. The molecule has 1 aliphatic carbocycles. The molecular formula is C12H17ClN2O2S. The Hall–Kier alpha value is -0.650. The van der Waals surface area contributed by atoms with Crippen LogP contribution in [0.1, 0.15) is 30.0 Å². The van der Waals surface area contributed by atoms with E-state index in [-0.39, 0.29) is 12.5 Å². The van der Waals surface area contributed by atoms with Gasteiger partial charge in [-0.1, -0.05) is 0 Å². The number of halogens is 1. The summed E-state index contributed by atoms with van der Waals surface area (Å²) < 4.78 is 0. The molecule has 1 N–H and O–H groups in total. The number of nitrogens with zero attached hydrogens (tertiary/aromatic N) is 2. The molecule has 0 atom stereocenters. The van der Waals surface area contributed by atoms with Gasteiger partial charge in [0.2, 0.25) is 5.91 Å². The number of rotatable bonds is 6. The second-order valence-electron chi connectivity index (χ2n) is 4.44. The van der Waals surface area contributed by atoms with Gasteiger partial charge in [0.1, 0.15) is 5.01 Å². The monoisotopic (exact) mass is 288 g/mol. The van der Waals surface area contributed by atoms with Crippen LogP contribution >= 0.6 is 22.9 Å². The summed E-state index contributed by atoms with van der Waals surface area (Å²) in [4.78, 5) is 18.3. The average Bonchev–Trinajstić information content (AvgIpc) is 2.73. The second-order valence-corrected chi connectivity index (χ2v) is 5.65. The van der Waals surface area contributed by atoms with Crippen LogP contribution in [0.2, 0.25) is 0 Å². The first kappa shape index (κ1) is 13.8. The lowest BCUT2D eigenvalue weighted by molar-refractivity contribution is -0.135. The summed E-state index contributed by atoms with van der Waals surface area (Å²) in [6, 6.07) is 0.317. The van der Waals surface area contributed by atoms with Gasteiger partial charge in [0.05, 0.1) is 24.6 Å². The van der Waals surface area contributed by atoms with E-state index in [1.165, 1.54) is 17.8 Å². The molecule has 100 valence electrons. The fraction of sp³-hybridized carbons (Fsp3) is 0.667. The van der Waals surface area contributed by atoms with Gasteiger partial charge in [-0.3, -0.25) is 4.79 Å². The van der Waals surface area contributed by atoms with Crippen molar-refractivity contribution < 1.29 is 9.90 Å². The van der Waals surface area contributed by atoms with Crippen molar-refractivity contribution in [3.63, 3.8) is 0 Å². The normalized spacial score (nSPS) is 15.4. The highest BCUT2D eigenvalue weighted by molar-refractivity contribution is 7.09. The topological polar surface area (TPSA) is 53.4 Å².